The van der Waals surface area contributed by atoms with Crippen molar-refractivity contribution in [3.05, 3.63) is 28.8 Å². The molecule has 4 nitrogen and oxygen atoms in total. The molecule has 2 N–H and O–H groups in total. The van der Waals surface area contributed by atoms with Gasteiger partial charge in [0.1, 0.15) is 0 Å². The van der Waals surface area contributed by atoms with E-state index < -0.39 is 10.0 Å². The number of halogens is 1. The molecular weight excluding hydrogens is 316 g/mol. The highest BCUT2D eigenvalue weighted by molar-refractivity contribution is 7.98. The van der Waals surface area contributed by atoms with Crippen LogP contribution in [0, 0.1) is 0 Å². The van der Waals surface area contributed by atoms with E-state index in [-0.39, 0.29) is 4.90 Å². The highest BCUT2D eigenvalue weighted by Gasteiger charge is 2.14. The molecule has 1 aromatic rings. The SMILES string of the molecule is CNCc1cc(S(=O)(=O)NCCCCSC)ccc1Cl. The predicted octanol–water partition coefficient (Wildman–Crippen LogP) is 2.48. The number of nitrogens with one attached hydrogen (secondary N) is 2. The van der Waals surface area contributed by atoms with Crippen molar-refractivity contribution in [3.8, 4) is 0 Å². The Morgan fingerprint density at radius 1 is 1.30 bits per heavy atom. The first-order valence-electron chi connectivity index (χ1n) is 6.43. The summed E-state index contributed by atoms with van der Waals surface area (Å²) in [4.78, 5) is 0.261. The van der Waals surface area contributed by atoms with Crippen molar-refractivity contribution in [1.82, 2.24) is 10.0 Å². The molecule has 0 aromatic heterocycles. The summed E-state index contributed by atoms with van der Waals surface area (Å²) >= 11 is 7.80. The third-order valence-corrected chi connectivity index (χ3v) is 5.29. The van der Waals surface area contributed by atoms with Gasteiger partial charge < -0.3 is 5.32 Å². The Balaban J connectivity index is 2.69. The lowest BCUT2D eigenvalue weighted by molar-refractivity contribution is 0.578. The van der Waals surface area contributed by atoms with Crippen LogP contribution in [-0.4, -0.2) is 34.0 Å². The van der Waals surface area contributed by atoms with Gasteiger partial charge in [0.05, 0.1) is 4.90 Å². The Hall–Kier alpha value is -0.270. The van der Waals surface area contributed by atoms with E-state index in [1.807, 2.05) is 6.26 Å². The van der Waals surface area contributed by atoms with Crippen molar-refractivity contribution in [3.63, 3.8) is 0 Å². The molecule has 0 aliphatic heterocycles. The average molecular weight is 337 g/mol. The van der Waals surface area contributed by atoms with Gasteiger partial charge in [-0.3, -0.25) is 0 Å². The predicted molar refractivity (Wildman–Crippen MR) is 87.0 cm³/mol. The van der Waals surface area contributed by atoms with Crippen molar-refractivity contribution in [1.29, 1.82) is 0 Å². The van der Waals surface area contributed by atoms with E-state index in [2.05, 4.69) is 10.0 Å². The van der Waals surface area contributed by atoms with E-state index in [4.69, 9.17) is 11.6 Å². The molecule has 0 aliphatic carbocycles. The number of hydrogen-bond donors (Lipinski definition) is 2. The molecule has 0 amide bonds. The Morgan fingerprint density at radius 2 is 2.05 bits per heavy atom. The maximum absolute atomic E-state index is 12.2. The zero-order chi connectivity index (χ0) is 15.0. The van der Waals surface area contributed by atoms with Crippen LogP contribution >= 0.6 is 23.4 Å². The molecule has 0 aliphatic rings. The van der Waals surface area contributed by atoms with E-state index in [0.717, 1.165) is 24.2 Å². The van der Waals surface area contributed by atoms with Crippen LogP contribution < -0.4 is 10.0 Å². The second-order valence-corrected chi connectivity index (χ2v) is 7.54. The minimum atomic E-state index is -3.45. The van der Waals surface area contributed by atoms with Gasteiger partial charge in [0.15, 0.2) is 0 Å². The largest absolute Gasteiger partial charge is 0.316 e. The quantitative estimate of drug-likeness (QED) is 0.680. The minimum Gasteiger partial charge on any atom is -0.316 e. The number of sulfonamides is 1. The third kappa shape index (κ3) is 5.61. The first kappa shape index (κ1) is 17.8. The maximum Gasteiger partial charge on any atom is 0.240 e. The fraction of sp³-hybridized carbons (Fsp3) is 0.538. The van der Waals surface area contributed by atoms with Gasteiger partial charge in [-0.15, -0.1) is 0 Å². The number of unbranched alkanes of at least 4 members (excludes halogenated alkanes) is 1. The lowest BCUT2D eigenvalue weighted by Crippen LogP contribution is -2.25. The molecule has 0 spiro atoms. The molecule has 1 rings (SSSR count). The average Bonchev–Trinajstić information content (AvgIpc) is 2.41. The molecule has 1 aromatic carbocycles. The van der Waals surface area contributed by atoms with Gasteiger partial charge in [0.2, 0.25) is 10.0 Å². The number of hydrogen-bond acceptors (Lipinski definition) is 4. The van der Waals surface area contributed by atoms with Crippen LogP contribution in [0.1, 0.15) is 18.4 Å². The van der Waals surface area contributed by atoms with Crippen molar-refractivity contribution in [2.75, 3.05) is 25.6 Å². The topological polar surface area (TPSA) is 58.2 Å². The lowest BCUT2D eigenvalue weighted by Gasteiger charge is -2.09. The van der Waals surface area contributed by atoms with Crippen LogP contribution in [0.3, 0.4) is 0 Å². The molecule has 0 saturated heterocycles. The van der Waals surface area contributed by atoms with Crippen LogP contribution in [0.25, 0.3) is 0 Å². The van der Waals surface area contributed by atoms with Crippen molar-refractivity contribution < 1.29 is 8.42 Å². The van der Waals surface area contributed by atoms with Crippen LogP contribution in [0.5, 0.6) is 0 Å². The summed E-state index contributed by atoms with van der Waals surface area (Å²) in [6, 6.07) is 4.77. The number of rotatable bonds is 9. The molecule has 0 fully saturated rings. The first-order chi connectivity index (χ1) is 9.51. The van der Waals surface area contributed by atoms with Gasteiger partial charge in [-0.05, 0) is 55.7 Å². The second-order valence-electron chi connectivity index (χ2n) is 4.38. The Bertz CT molecular complexity index is 521. The van der Waals surface area contributed by atoms with Gasteiger partial charge in [0.25, 0.3) is 0 Å². The fourth-order valence-electron chi connectivity index (χ4n) is 1.71. The third-order valence-electron chi connectivity index (χ3n) is 2.76. The Morgan fingerprint density at radius 3 is 2.70 bits per heavy atom. The summed E-state index contributed by atoms with van der Waals surface area (Å²) in [6.45, 7) is 1.00. The summed E-state index contributed by atoms with van der Waals surface area (Å²) in [5, 5.41) is 3.54. The zero-order valence-electron chi connectivity index (χ0n) is 11.8. The van der Waals surface area contributed by atoms with Gasteiger partial charge in [-0.2, -0.15) is 11.8 Å². The molecule has 0 radical (unpaired) electrons. The monoisotopic (exact) mass is 336 g/mol. The Labute approximate surface area is 130 Å². The Kier molecular flexibility index (Phi) is 7.91. The number of thioether (sulfide) groups is 1. The van der Waals surface area contributed by atoms with Crippen molar-refractivity contribution >= 4 is 33.4 Å². The van der Waals surface area contributed by atoms with E-state index in [9.17, 15) is 8.42 Å². The summed E-state index contributed by atoms with van der Waals surface area (Å²) in [5.41, 5.74) is 0.777. The first-order valence-corrected chi connectivity index (χ1v) is 9.68. The summed E-state index contributed by atoms with van der Waals surface area (Å²) in [5.74, 6) is 1.05. The van der Waals surface area contributed by atoms with Crippen LogP contribution in [-0.2, 0) is 16.6 Å². The van der Waals surface area contributed by atoms with E-state index in [1.54, 1.807) is 30.9 Å². The van der Waals surface area contributed by atoms with Gasteiger partial charge in [-0.25, -0.2) is 13.1 Å². The summed E-state index contributed by atoms with van der Waals surface area (Å²) in [6.07, 6.45) is 3.90. The summed E-state index contributed by atoms with van der Waals surface area (Å²) in [7, 11) is -1.66. The maximum atomic E-state index is 12.2. The summed E-state index contributed by atoms with van der Waals surface area (Å²) < 4.78 is 26.9. The number of benzene rings is 1. The normalized spacial score (nSPS) is 11.8. The molecule has 7 heteroatoms. The van der Waals surface area contributed by atoms with Gasteiger partial charge >= 0.3 is 0 Å². The standard InChI is InChI=1S/C13H21ClN2O2S2/c1-15-10-11-9-12(5-6-13(11)14)20(17,18)16-7-3-4-8-19-2/h5-6,9,15-16H,3-4,7-8,10H2,1-2H3. The lowest BCUT2D eigenvalue weighted by atomic mass is 10.2. The van der Waals surface area contributed by atoms with Crippen LogP contribution in [0.4, 0.5) is 0 Å². The van der Waals surface area contributed by atoms with Crippen LogP contribution in [0.15, 0.2) is 23.1 Å². The molecule has 0 unspecified atom stereocenters. The van der Waals surface area contributed by atoms with Gasteiger partial charge in [-0.1, -0.05) is 11.6 Å². The van der Waals surface area contributed by atoms with Crippen molar-refractivity contribution in [2.24, 2.45) is 0 Å². The highest BCUT2D eigenvalue weighted by atomic mass is 35.5. The smallest absolute Gasteiger partial charge is 0.240 e. The van der Waals surface area contributed by atoms with Crippen molar-refractivity contribution in [2.45, 2.75) is 24.3 Å². The van der Waals surface area contributed by atoms with E-state index in [1.165, 1.54) is 6.07 Å². The fourth-order valence-corrected chi connectivity index (χ4v) is 3.51. The second kappa shape index (κ2) is 8.89. The zero-order valence-corrected chi connectivity index (χ0v) is 14.2. The molecule has 20 heavy (non-hydrogen) atoms. The van der Waals surface area contributed by atoms with E-state index >= 15 is 0 Å². The molecule has 0 atom stereocenters. The van der Waals surface area contributed by atoms with Gasteiger partial charge in [0, 0.05) is 18.1 Å². The minimum absolute atomic E-state index is 0.261. The molecular formula is C13H21ClN2O2S2. The molecule has 114 valence electrons. The van der Waals surface area contributed by atoms with E-state index in [0.29, 0.717) is 18.1 Å². The van der Waals surface area contributed by atoms with Crippen LogP contribution in [0.2, 0.25) is 5.02 Å². The molecule has 0 saturated carbocycles. The highest BCUT2D eigenvalue weighted by Crippen LogP contribution is 2.20. The molecule has 0 heterocycles. The molecule has 0 bridgehead atoms.